The first-order valence-corrected chi connectivity index (χ1v) is 11.2. The third-order valence-electron chi connectivity index (χ3n) is 5.28. The molecule has 5 rings (SSSR count). The number of rotatable bonds is 4. The van der Waals surface area contributed by atoms with E-state index >= 15 is 0 Å². The van der Waals surface area contributed by atoms with Crippen LogP contribution in [0, 0.1) is 0 Å². The fourth-order valence-electron chi connectivity index (χ4n) is 3.96. The number of amides is 1. The summed E-state index contributed by atoms with van der Waals surface area (Å²) in [5, 5.41) is 12.0. The summed E-state index contributed by atoms with van der Waals surface area (Å²) >= 11 is 3.42. The van der Waals surface area contributed by atoms with E-state index in [1.165, 1.54) is 15.1 Å². The predicted octanol–water partition coefficient (Wildman–Crippen LogP) is 3.75. The maximum Gasteiger partial charge on any atom is 0.226 e. The number of benzene rings is 1. The molecule has 140 valence electrons. The van der Waals surface area contributed by atoms with E-state index in [9.17, 15) is 4.79 Å². The van der Waals surface area contributed by atoms with Crippen molar-refractivity contribution in [2.24, 2.45) is 0 Å². The second-order valence-corrected chi connectivity index (χ2v) is 9.30. The zero-order valence-electron chi connectivity index (χ0n) is 15.0. The first-order chi connectivity index (χ1) is 13.3. The smallest absolute Gasteiger partial charge is 0.226 e. The summed E-state index contributed by atoms with van der Waals surface area (Å²) in [7, 11) is 0. The number of nitrogens with one attached hydrogen (secondary N) is 3. The molecule has 0 radical (unpaired) electrons. The number of fused-ring (bicyclic) bond motifs is 2. The summed E-state index contributed by atoms with van der Waals surface area (Å²) in [6, 6.07) is 8.55. The van der Waals surface area contributed by atoms with Crippen molar-refractivity contribution < 1.29 is 4.79 Å². The number of carbonyl (C=O) groups excluding carboxylic acids is 1. The second-order valence-electron chi connectivity index (χ2n) is 7.17. The van der Waals surface area contributed by atoms with Crippen LogP contribution >= 0.6 is 22.7 Å². The zero-order chi connectivity index (χ0) is 18.2. The third-order valence-corrected chi connectivity index (χ3v) is 7.48. The van der Waals surface area contributed by atoms with E-state index in [0.29, 0.717) is 12.5 Å². The Hall–Kier alpha value is -1.80. The molecule has 2 aliphatic rings. The topological polar surface area (TPSA) is 66.0 Å². The van der Waals surface area contributed by atoms with Crippen molar-refractivity contribution in [3.05, 3.63) is 34.7 Å². The van der Waals surface area contributed by atoms with Gasteiger partial charge in [-0.2, -0.15) is 0 Å². The maximum absolute atomic E-state index is 12.7. The fourth-order valence-corrected chi connectivity index (χ4v) is 6.30. The molecule has 27 heavy (non-hydrogen) atoms. The molecule has 1 saturated heterocycles. The van der Waals surface area contributed by atoms with Gasteiger partial charge in [-0.25, -0.2) is 4.98 Å². The highest BCUT2D eigenvalue weighted by Crippen LogP contribution is 2.44. The summed E-state index contributed by atoms with van der Waals surface area (Å²) in [6.45, 7) is 2.87. The Kier molecular flexibility index (Phi) is 4.69. The van der Waals surface area contributed by atoms with Crippen LogP contribution in [0.3, 0.4) is 0 Å². The lowest BCUT2D eigenvalue weighted by Gasteiger charge is -2.13. The van der Waals surface area contributed by atoms with Crippen molar-refractivity contribution in [2.45, 2.75) is 38.3 Å². The van der Waals surface area contributed by atoms with Gasteiger partial charge in [0.1, 0.15) is 10.0 Å². The van der Waals surface area contributed by atoms with Crippen LogP contribution in [0.25, 0.3) is 20.8 Å². The van der Waals surface area contributed by atoms with Crippen molar-refractivity contribution in [3.63, 3.8) is 0 Å². The highest BCUT2D eigenvalue weighted by molar-refractivity contribution is 7.22. The average molecular weight is 399 g/mol. The third kappa shape index (κ3) is 3.40. The minimum Gasteiger partial charge on any atom is -0.317 e. The van der Waals surface area contributed by atoms with Crippen LogP contribution in [0.1, 0.15) is 29.7 Å². The molecular weight excluding hydrogens is 376 g/mol. The molecule has 4 heterocycles. The van der Waals surface area contributed by atoms with E-state index in [0.717, 1.165) is 60.0 Å². The van der Waals surface area contributed by atoms with E-state index in [-0.39, 0.29) is 5.91 Å². The van der Waals surface area contributed by atoms with Crippen LogP contribution in [0.5, 0.6) is 0 Å². The second kappa shape index (κ2) is 7.31. The fraction of sp³-hybridized carbons (Fsp3) is 0.400. The van der Waals surface area contributed by atoms with E-state index in [1.807, 2.05) is 6.07 Å². The van der Waals surface area contributed by atoms with Crippen LogP contribution in [0.2, 0.25) is 0 Å². The first kappa shape index (κ1) is 17.3. The molecule has 3 aromatic rings. The molecule has 1 aromatic carbocycles. The number of thiazole rings is 1. The summed E-state index contributed by atoms with van der Waals surface area (Å²) in [6.07, 6.45) is 3.77. The summed E-state index contributed by atoms with van der Waals surface area (Å²) in [5.74, 6) is 0.100. The lowest BCUT2D eigenvalue weighted by Crippen LogP contribution is -2.27. The van der Waals surface area contributed by atoms with Crippen molar-refractivity contribution >= 4 is 43.8 Å². The van der Waals surface area contributed by atoms with Gasteiger partial charge in [0.25, 0.3) is 0 Å². The lowest BCUT2D eigenvalue weighted by molar-refractivity contribution is -0.116. The van der Waals surface area contributed by atoms with E-state index in [2.05, 4.69) is 34.1 Å². The first-order valence-electron chi connectivity index (χ1n) is 9.52. The number of carbonyl (C=O) groups is 1. The number of hydrogen-bond acceptors (Lipinski definition) is 6. The number of anilines is 1. The number of thiophene rings is 1. The van der Waals surface area contributed by atoms with Crippen LogP contribution < -0.4 is 16.0 Å². The predicted molar refractivity (Wildman–Crippen MR) is 113 cm³/mol. The molecule has 7 heteroatoms. The molecule has 0 saturated carbocycles. The van der Waals surface area contributed by atoms with Gasteiger partial charge in [-0.3, -0.25) is 4.79 Å². The Labute approximate surface area is 166 Å². The van der Waals surface area contributed by atoms with Gasteiger partial charge in [-0.1, -0.05) is 12.1 Å². The van der Waals surface area contributed by atoms with Gasteiger partial charge in [-0.05, 0) is 50.0 Å². The number of nitrogens with zero attached hydrogens (tertiary/aromatic N) is 1. The average Bonchev–Trinajstić information content (AvgIpc) is 3.38. The van der Waals surface area contributed by atoms with E-state index in [1.54, 1.807) is 22.7 Å². The van der Waals surface area contributed by atoms with Gasteiger partial charge in [0.2, 0.25) is 5.91 Å². The van der Waals surface area contributed by atoms with Crippen LogP contribution in [-0.2, 0) is 17.8 Å². The number of para-hydroxylation sites is 1. The highest BCUT2D eigenvalue weighted by atomic mass is 32.1. The molecule has 0 unspecified atom stereocenters. The molecule has 2 aliphatic heterocycles. The Morgan fingerprint density at radius 3 is 3.04 bits per heavy atom. The van der Waals surface area contributed by atoms with Crippen LogP contribution in [0.4, 0.5) is 5.00 Å². The van der Waals surface area contributed by atoms with Crippen LogP contribution in [0.15, 0.2) is 24.3 Å². The minimum absolute atomic E-state index is 0.100. The van der Waals surface area contributed by atoms with Gasteiger partial charge in [-0.15, -0.1) is 22.7 Å². The van der Waals surface area contributed by atoms with Gasteiger partial charge in [0, 0.05) is 29.4 Å². The number of aromatic nitrogens is 1. The minimum atomic E-state index is 0.100. The molecule has 0 bridgehead atoms. The van der Waals surface area contributed by atoms with Gasteiger partial charge >= 0.3 is 0 Å². The Morgan fingerprint density at radius 2 is 2.19 bits per heavy atom. The van der Waals surface area contributed by atoms with E-state index in [4.69, 9.17) is 4.98 Å². The SMILES string of the molecule is O=C(C[C@@H]1CCCN1)Nc1sc2c(c1-c1nc3ccccc3s1)CCNC2. The molecule has 2 aromatic heterocycles. The van der Waals surface area contributed by atoms with E-state index < -0.39 is 0 Å². The molecule has 0 spiro atoms. The molecule has 1 fully saturated rings. The Balaban J connectivity index is 1.50. The van der Waals surface area contributed by atoms with Crippen molar-refractivity contribution in [1.29, 1.82) is 0 Å². The summed E-state index contributed by atoms with van der Waals surface area (Å²) in [4.78, 5) is 18.9. The van der Waals surface area contributed by atoms with Crippen molar-refractivity contribution in [3.8, 4) is 10.6 Å². The van der Waals surface area contributed by atoms with Crippen molar-refractivity contribution in [2.75, 3.05) is 18.4 Å². The van der Waals surface area contributed by atoms with Crippen LogP contribution in [-0.4, -0.2) is 30.0 Å². The molecular formula is C20H22N4OS2. The van der Waals surface area contributed by atoms with Crippen molar-refractivity contribution in [1.82, 2.24) is 15.6 Å². The molecule has 0 aliphatic carbocycles. The standard InChI is InChI=1S/C20H22N4OS2/c25-17(10-12-4-3-8-22-12)24-20-18(13-7-9-21-11-16(13)27-20)19-23-14-5-1-2-6-15(14)26-19/h1-2,5-6,12,21-22H,3-4,7-11H2,(H,24,25)/t12-/m0/s1. The highest BCUT2D eigenvalue weighted by Gasteiger charge is 2.26. The Morgan fingerprint density at radius 1 is 1.26 bits per heavy atom. The van der Waals surface area contributed by atoms with Gasteiger partial charge in [0.15, 0.2) is 0 Å². The quantitative estimate of drug-likeness (QED) is 0.626. The molecule has 1 atom stereocenters. The summed E-state index contributed by atoms with van der Waals surface area (Å²) < 4.78 is 1.19. The van der Waals surface area contributed by atoms with Gasteiger partial charge in [0.05, 0.1) is 10.2 Å². The Bertz CT molecular complexity index is 954. The zero-order valence-corrected chi connectivity index (χ0v) is 16.6. The lowest BCUT2D eigenvalue weighted by atomic mass is 10.0. The normalized spacial score (nSPS) is 19.3. The number of hydrogen-bond donors (Lipinski definition) is 3. The molecule has 5 nitrogen and oxygen atoms in total. The van der Waals surface area contributed by atoms with Gasteiger partial charge < -0.3 is 16.0 Å². The molecule has 3 N–H and O–H groups in total. The largest absolute Gasteiger partial charge is 0.317 e. The monoisotopic (exact) mass is 398 g/mol. The molecule has 1 amide bonds. The maximum atomic E-state index is 12.7. The summed E-state index contributed by atoms with van der Waals surface area (Å²) in [5.41, 5.74) is 3.52.